The monoisotopic (exact) mass is 345 g/mol. The Balaban J connectivity index is 1.56. The Morgan fingerprint density at radius 3 is 2.84 bits per heavy atom. The third-order valence-corrected chi connectivity index (χ3v) is 4.63. The minimum Gasteiger partial charge on any atom is -0.465 e. The minimum atomic E-state index is 0.634. The van der Waals surface area contributed by atoms with Crippen molar-refractivity contribution in [3.8, 4) is 11.5 Å². The molecule has 0 spiro atoms. The highest BCUT2D eigenvalue weighted by molar-refractivity contribution is 7.17. The molecule has 0 atom stereocenters. The number of aromatic nitrogens is 5. The topological polar surface area (TPSA) is 69.1 Å². The number of nitrogens with zero attached hydrogens (tertiary/aromatic N) is 5. The summed E-state index contributed by atoms with van der Waals surface area (Å²) >= 11 is 1.46. The van der Waals surface area contributed by atoms with E-state index in [1.165, 1.54) is 11.3 Å². The molecular weight excluding hydrogens is 334 g/mol. The van der Waals surface area contributed by atoms with Gasteiger partial charge in [0.15, 0.2) is 0 Å². The molecule has 0 saturated carbocycles. The highest BCUT2D eigenvalue weighted by atomic mass is 32.1. The van der Waals surface area contributed by atoms with Crippen LogP contribution >= 0.6 is 11.3 Å². The quantitative estimate of drug-likeness (QED) is 0.491. The lowest BCUT2D eigenvalue weighted by molar-refractivity contribution is 0.557. The first-order chi connectivity index (χ1) is 12.4. The highest BCUT2D eigenvalue weighted by Gasteiger charge is 2.14. The van der Waals surface area contributed by atoms with Crippen LogP contribution in [0.2, 0.25) is 0 Å². The van der Waals surface area contributed by atoms with E-state index in [4.69, 9.17) is 4.42 Å². The van der Waals surface area contributed by atoms with Crippen molar-refractivity contribution >= 4 is 39.4 Å². The van der Waals surface area contributed by atoms with E-state index in [1.54, 1.807) is 10.8 Å². The number of hydrogen-bond acceptors (Lipinski definition) is 6. The third-order valence-electron chi connectivity index (χ3n) is 3.77. The molecule has 6 nitrogen and oxygen atoms in total. The largest absolute Gasteiger partial charge is 0.465 e. The summed E-state index contributed by atoms with van der Waals surface area (Å²) in [5, 5.41) is 14.9. The Bertz CT molecular complexity index is 1200. The smallest absolute Gasteiger partial charge is 0.235 e. The first-order valence-corrected chi connectivity index (χ1v) is 8.48. The van der Waals surface area contributed by atoms with E-state index in [1.807, 2.05) is 60.7 Å². The Kier molecular flexibility index (Phi) is 3.17. The molecule has 4 heterocycles. The highest BCUT2D eigenvalue weighted by Crippen LogP contribution is 2.23. The van der Waals surface area contributed by atoms with Crippen LogP contribution < -0.4 is 0 Å². The van der Waals surface area contributed by atoms with Crippen molar-refractivity contribution in [2.45, 2.75) is 0 Å². The summed E-state index contributed by atoms with van der Waals surface area (Å²) in [6.07, 6.45) is 5.41. The molecule has 120 valence electrons. The van der Waals surface area contributed by atoms with Gasteiger partial charge in [-0.3, -0.25) is 0 Å². The zero-order valence-electron chi connectivity index (χ0n) is 12.9. The molecule has 0 aliphatic carbocycles. The van der Waals surface area contributed by atoms with E-state index >= 15 is 0 Å². The summed E-state index contributed by atoms with van der Waals surface area (Å²) in [5.41, 5.74) is 1.67. The van der Waals surface area contributed by atoms with E-state index < -0.39 is 0 Å². The first-order valence-electron chi connectivity index (χ1n) is 7.67. The first kappa shape index (κ1) is 14.1. The molecule has 0 amide bonds. The van der Waals surface area contributed by atoms with Crippen LogP contribution in [0.4, 0.5) is 0 Å². The van der Waals surface area contributed by atoms with Gasteiger partial charge in [-0.1, -0.05) is 35.6 Å². The normalized spacial score (nSPS) is 11.8. The SMILES string of the molecule is C(=C\c1nn2c(-c3ccc4ccccc4n3)nnc2s1)/c1ccco1. The summed E-state index contributed by atoms with van der Waals surface area (Å²) in [6, 6.07) is 15.7. The lowest BCUT2D eigenvalue weighted by Crippen LogP contribution is -1.93. The van der Waals surface area contributed by atoms with Crippen molar-refractivity contribution in [3.05, 3.63) is 65.6 Å². The van der Waals surface area contributed by atoms with Gasteiger partial charge in [-0.2, -0.15) is 9.61 Å². The fraction of sp³-hybridized carbons (Fsp3) is 0. The van der Waals surface area contributed by atoms with Crippen molar-refractivity contribution in [1.29, 1.82) is 0 Å². The number of fused-ring (bicyclic) bond motifs is 2. The molecule has 0 radical (unpaired) electrons. The average Bonchev–Trinajstić information content (AvgIpc) is 3.36. The van der Waals surface area contributed by atoms with E-state index in [0.29, 0.717) is 5.82 Å². The van der Waals surface area contributed by atoms with Gasteiger partial charge in [-0.05, 0) is 36.4 Å². The average molecular weight is 345 g/mol. The predicted molar refractivity (Wildman–Crippen MR) is 97.0 cm³/mol. The lowest BCUT2D eigenvalue weighted by atomic mass is 10.2. The summed E-state index contributed by atoms with van der Waals surface area (Å²) < 4.78 is 7.02. The molecule has 0 aliphatic rings. The maximum Gasteiger partial charge on any atom is 0.235 e. The molecule has 0 aliphatic heterocycles. The Morgan fingerprint density at radius 2 is 1.92 bits per heavy atom. The maximum atomic E-state index is 5.29. The second kappa shape index (κ2) is 5.64. The number of hydrogen-bond donors (Lipinski definition) is 0. The lowest BCUT2D eigenvalue weighted by Gasteiger charge is -1.99. The van der Waals surface area contributed by atoms with Crippen molar-refractivity contribution in [1.82, 2.24) is 24.8 Å². The summed E-state index contributed by atoms with van der Waals surface area (Å²) in [7, 11) is 0. The van der Waals surface area contributed by atoms with Crippen LogP contribution in [0.15, 0.2) is 59.2 Å². The molecule has 0 bridgehead atoms. The molecule has 4 aromatic heterocycles. The number of furan rings is 1. The van der Waals surface area contributed by atoms with E-state index in [0.717, 1.165) is 32.3 Å². The second-order valence-electron chi connectivity index (χ2n) is 5.40. The van der Waals surface area contributed by atoms with Gasteiger partial charge in [-0.25, -0.2) is 4.98 Å². The standard InChI is InChI=1S/C18H11N5OS/c1-2-6-14-12(4-1)7-9-15(19-14)17-20-21-18-23(17)22-16(25-18)10-8-13-5-3-11-24-13/h1-11H/b10-8+. The van der Waals surface area contributed by atoms with Crippen LogP contribution in [-0.4, -0.2) is 24.8 Å². The fourth-order valence-electron chi connectivity index (χ4n) is 2.59. The van der Waals surface area contributed by atoms with Crippen LogP contribution in [0.1, 0.15) is 10.8 Å². The second-order valence-corrected chi connectivity index (χ2v) is 6.38. The zero-order valence-corrected chi connectivity index (χ0v) is 13.7. The molecule has 0 fully saturated rings. The van der Waals surface area contributed by atoms with Crippen LogP contribution in [0.3, 0.4) is 0 Å². The number of pyridine rings is 1. The van der Waals surface area contributed by atoms with Gasteiger partial charge in [0.05, 0.1) is 11.8 Å². The molecule has 5 aromatic rings. The van der Waals surface area contributed by atoms with E-state index in [-0.39, 0.29) is 0 Å². The third kappa shape index (κ3) is 2.50. The van der Waals surface area contributed by atoms with Crippen molar-refractivity contribution in [3.63, 3.8) is 0 Å². The van der Waals surface area contributed by atoms with E-state index in [2.05, 4.69) is 20.3 Å². The molecular formula is C18H11N5OS. The Morgan fingerprint density at radius 1 is 0.960 bits per heavy atom. The van der Waals surface area contributed by atoms with Crippen LogP contribution in [0.5, 0.6) is 0 Å². The fourth-order valence-corrected chi connectivity index (χ4v) is 3.33. The van der Waals surface area contributed by atoms with Gasteiger partial charge < -0.3 is 4.42 Å². The van der Waals surface area contributed by atoms with Gasteiger partial charge in [0, 0.05) is 5.39 Å². The zero-order chi connectivity index (χ0) is 16.6. The maximum absolute atomic E-state index is 5.29. The number of rotatable bonds is 3. The molecule has 0 saturated heterocycles. The van der Waals surface area contributed by atoms with Crippen molar-refractivity contribution < 1.29 is 4.42 Å². The molecule has 0 N–H and O–H groups in total. The van der Waals surface area contributed by atoms with Gasteiger partial charge >= 0.3 is 0 Å². The minimum absolute atomic E-state index is 0.634. The number of para-hydroxylation sites is 1. The van der Waals surface area contributed by atoms with Crippen molar-refractivity contribution in [2.24, 2.45) is 0 Å². The van der Waals surface area contributed by atoms with Gasteiger partial charge in [0.1, 0.15) is 16.5 Å². The molecule has 5 rings (SSSR count). The molecule has 0 unspecified atom stereocenters. The van der Waals surface area contributed by atoms with Gasteiger partial charge in [0.2, 0.25) is 10.8 Å². The van der Waals surface area contributed by atoms with Crippen molar-refractivity contribution in [2.75, 3.05) is 0 Å². The molecule has 7 heteroatoms. The number of benzene rings is 1. The van der Waals surface area contributed by atoms with Crippen LogP contribution in [0.25, 0.3) is 39.5 Å². The Hall–Kier alpha value is -3.32. The Labute approximate surface area is 146 Å². The molecule has 25 heavy (non-hydrogen) atoms. The van der Waals surface area contributed by atoms with Crippen LogP contribution in [0, 0.1) is 0 Å². The molecule has 1 aromatic carbocycles. The van der Waals surface area contributed by atoms with Gasteiger partial charge in [-0.15, -0.1) is 10.2 Å². The summed E-state index contributed by atoms with van der Waals surface area (Å²) in [5.74, 6) is 1.41. The summed E-state index contributed by atoms with van der Waals surface area (Å²) in [6.45, 7) is 0. The summed E-state index contributed by atoms with van der Waals surface area (Å²) in [4.78, 5) is 5.40. The predicted octanol–water partition coefficient (Wildman–Crippen LogP) is 4.16. The van der Waals surface area contributed by atoms with Gasteiger partial charge in [0.25, 0.3) is 0 Å². The van der Waals surface area contributed by atoms with Crippen LogP contribution in [-0.2, 0) is 0 Å². The van der Waals surface area contributed by atoms with E-state index in [9.17, 15) is 0 Å².